The van der Waals surface area contributed by atoms with Crippen molar-refractivity contribution < 1.29 is 9.18 Å². The van der Waals surface area contributed by atoms with Gasteiger partial charge in [0, 0.05) is 18.4 Å². The Morgan fingerprint density at radius 1 is 1.35 bits per heavy atom. The number of halogens is 2. The quantitative estimate of drug-likeness (QED) is 0.769. The molecule has 0 unspecified atom stereocenters. The van der Waals surface area contributed by atoms with Gasteiger partial charge in [-0.1, -0.05) is 28.1 Å². The Kier molecular flexibility index (Phi) is 4.15. The van der Waals surface area contributed by atoms with Gasteiger partial charge in [0.1, 0.15) is 5.82 Å². The monoisotopic (exact) mass is 299 g/mol. The summed E-state index contributed by atoms with van der Waals surface area (Å²) in [5, 5.41) is 0.981. The molecule has 1 fully saturated rings. The van der Waals surface area contributed by atoms with Crippen molar-refractivity contribution in [3.8, 4) is 0 Å². The zero-order valence-corrected chi connectivity index (χ0v) is 11.1. The van der Waals surface area contributed by atoms with Crippen LogP contribution in [0.3, 0.4) is 0 Å². The van der Waals surface area contributed by atoms with Gasteiger partial charge in [0.15, 0.2) is 0 Å². The second kappa shape index (κ2) is 5.63. The Bertz CT molecular complexity index is 402. The van der Waals surface area contributed by atoms with Gasteiger partial charge < -0.3 is 4.90 Å². The Morgan fingerprint density at radius 2 is 2.00 bits per heavy atom. The third-order valence-electron chi connectivity index (χ3n) is 3.22. The van der Waals surface area contributed by atoms with Gasteiger partial charge in [0.25, 0.3) is 5.91 Å². The summed E-state index contributed by atoms with van der Waals surface area (Å²) < 4.78 is 13.5. The van der Waals surface area contributed by atoms with Gasteiger partial charge in [0.2, 0.25) is 0 Å². The highest BCUT2D eigenvalue weighted by molar-refractivity contribution is 9.09. The molecule has 1 aliphatic heterocycles. The van der Waals surface area contributed by atoms with Crippen LogP contribution < -0.4 is 0 Å². The highest BCUT2D eigenvalue weighted by Gasteiger charge is 2.24. The molecule has 0 radical (unpaired) electrons. The lowest BCUT2D eigenvalue weighted by molar-refractivity contribution is 0.0694. The van der Waals surface area contributed by atoms with E-state index in [2.05, 4.69) is 15.9 Å². The first-order valence-corrected chi connectivity index (χ1v) is 6.94. The average molecular weight is 300 g/mol. The summed E-state index contributed by atoms with van der Waals surface area (Å²) >= 11 is 3.46. The molecule has 92 valence electrons. The number of amides is 1. The van der Waals surface area contributed by atoms with Crippen molar-refractivity contribution in [2.24, 2.45) is 5.92 Å². The predicted octanol–water partition coefficient (Wildman–Crippen LogP) is 3.07. The molecule has 0 N–H and O–H groups in total. The molecule has 17 heavy (non-hydrogen) atoms. The molecule has 0 spiro atoms. The van der Waals surface area contributed by atoms with Crippen LogP contribution in [0.15, 0.2) is 24.3 Å². The number of benzene rings is 1. The van der Waals surface area contributed by atoms with E-state index in [1.54, 1.807) is 23.1 Å². The van der Waals surface area contributed by atoms with Gasteiger partial charge in [-0.2, -0.15) is 0 Å². The Hall–Kier alpha value is -0.900. The molecular weight excluding hydrogens is 285 g/mol. The van der Waals surface area contributed by atoms with E-state index in [0.717, 1.165) is 31.3 Å². The van der Waals surface area contributed by atoms with Crippen molar-refractivity contribution in [1.29, 1.82) is 0 Å². The lowest BCUT2D eigenvalue weighted by Gasteiger charge is -2.31. The molecule has 1 aromatic rings. The van der Waals surface area contributed by atoms with Crippen LogP contribution in [0.1, 0.15) is 23.2 Å². The highest BCUT2D eigenvalue weighted by Crippen LogP contribution is 2.21. The summed E-state index contributed by atoms with van der Waals surface area (Å²) in [4.78, 5) is 13.8. The molecule has 0 aliphatic carbocycles. The standard InChI is InChI=1S/C13H15BrFNO/c14-9-10-5-7-16(8-6-10)13(17)11-3-1-2-4-12(11)15/h1-4,10H,5-9H2. The number of rotatable bonds is 2. The van der Waals surface area contributed by atoms with Crippen LogP contribution in [0.25, 0.3) is 0 Å². The number of likely N-dealkylation sites (tertiary alicyclic amines) is 1. The summed E-state index contributed by atoms with van der Waals surface area (Å²) in [6.07, 6.45) is 1.98. The maximum Gasteiger partial charge on any atom is 0.256 e. The number of hydrogen-bond acceptors (Lipinski definition) is 1. The predicted molar refractivity (Wildman–Crippen MR) is 68.8 cm³/mol. The van der Waals surface area contributed by atoms with E-state index in [9.17, 15) is 9.18 Å². The van der Waals surface area contributed by atoms with E-state index in [-0.39, 0.29) is 11.5 Å². The summed E-state index contributed by atoms with van der Waals surface area (Å²) in [5.41, 5.74) is 0.185. The molecule has 1 aromatic carbocycles. The topological polar surface area (TPSA) is 20.3 Å². The van der Waals surface area contributed by atoms with Crippen molar-refractivity contribution >= 4 is 21.8 Å². The van der Waals surface area contributed by atoms with E-state index in [1.165, 1.54) is 6.07 Å². The molecule has 2 rings (SSSR count). The minimum Gasteiger partial charge on any atom is -0.339 e. The molecule has 0 atom stereocenters. The Labute approximate surface area is 109 Å². The fourth-order valence-electron chi connectivity index (χ4n) is 2.10. The highest BCUT2D eigenvalue weighted by atomic mass is 79.9. The molecule has 4 heteroatoms. The van der Waals surface area contributed by atoms with E-state index in [4.69, 9.17) is 0 Å². The van der Waals surface area contributed by atoms with Gasteiger partial charge in [-0.15, -0.1) is 0 Å². The first-order valence-electron chi connectivity index (χ1n) is 5.82. The summed E-state index contributed by atoms with van der Waals surface area (Å²) in [6.45, 7) is 1.45. The summed E-state index contributed by atoms with van der Waals surface area (Å²) in [7, 11) is 0. The maximum absolute atomic E-state index is 13.5. The number of hydrogen-bond donors (Lipinski definition) is 0. The molecule has 0 saturated carbocycles. The molecule has 1 amide bonds. The van der Waals surface area contributed by atoms with Crippen LogP contribution in [0.5, 0.6) is 0 Å². The molecule has 0 aromatic heterocycles. The van der Waals surface area contributed by atoms with Gasteiger partial charge in [-0.25, -0.2) is 4.39 Å². The number of carbonyl (C=O) groups is 1. The van der Waals surface area contributed by atoms with Crippen molar-refractivity contribution in [2.75, 3.05) is 18.4 Å². The van der Waals surface area contributed by atoms with E-state index in [1.807, 2.05) is 0 Å². The zero-order valence-electron chi connectivity index (χ0n) is 9.53. The normalized spacial score (nSPS) is 17.2. The largest absolute Gasteiger partial charge is 0.339 e. The minimum absolute atomic E-state index is 0.184. The lowest BCUT2D eigenvalue weighted by Crippen LogP contribution is -2.39. The van der Waals surface area contributed by atoms with Crippen molar-refractivity contribution in [3.05, 3.63) is 35.6 Å². The first kappa shape index (κ1) is 12.6. The fourth-order valence-corrected chi connectivity index (χ4v) is 2.74. The third kappa shape index (κ3) is 2.86. The Morgan fingerprint density at radius 3 is 2.59 bits per heavy atom. The molecule has 1 aliphatic rings. The van der Waals surface area contributed by atoms with Gasteiger partial charge in [-0.3, -0.25) is 4.79 Å². The van der Waals surface area contributed by atoms with Crippen LogP contribution in [-0.2, 0) is 0 Å². The number of carbonyl (C=O) groups excluding carboxylic acids is 1. The molecule has 2 nitrogen and oxygen atoms in total. The van der Waals surface area contributed by atoms with Gasteiger partial charge >= 0.3 is 0 Å². The van der Waals surface area contributed by atoms with Gasteiger partial charge in [-0.05, 0) is 30.9 Å². The van der Waals surface area contributed by atoms with Crippen LogP contribution in [0, 0.1) is 11.7 Å². The van der Waals surface area contributed by atoms with Crippen molar-refractivity contribution in [1.82, 2.24) is 4.90 Å². The zero-order chi connectivity index (χ0) is 12.3. The fraction of sp³-hybridized carbons (Fsp3) is 0.462. The second-order valence-electron chi connectivity index (χ2n) is 4.37. The number of nitrogens with zero attached hydrogens (tertiary/aromatic N) is 1. The minimum atomic E-state index is -0.430. The van der Waals surface area contributed by atoms with E-state index >= 15 is 0 Å². The van der Waals surface area contributed by atoms with Crippen molar-refractivity contribution in [2.45, 2.75) is 12.8 Å². The van der Waals surface area contributed by atoms with Crippen LogP contribution in [0.2, 0.25) is 0 Å². The Balaban J connectivity index is 2.04. The smallest absolute Gasteiger partial charge is 0.256 e. The lowest BCUT2D eigenvalue weighted by atomic mass is 9.98. The second-order valence-corrected chi connectivity index (χ2v) is 5.02. The molecule has 1 heterocycles. The van der Waals surface area contributed by atoms with Crippen molar-refractivity contribution in [3.63, 3.8) is 0 Å². The number of piperidine rings is 1. The number of alkyl halides is 1. The van der Waals surface area contributed by atoms with Crippen LogP contribution in [0.4, 0.5) is 4.39 Å². The molecular formula is C13H15BrFNO. The van der Waals surface area contributed by atoms with Gasteiger partial charge in [0.05, 0.1) is 5.56 Å². The first-order chi connectivity index (χ1) is 8.22. The summed E-state index contributed by atoms with van der Waals surface area (Å²) in [6, 6.07) is 6.18. The van der Waals surface area contributed by atoms with Crippen LogP contribution >= 0.6 is 15.9 Å². The van der Waals surface area contributed by atoms with E-state index in [0.29, 0.717) is 5.92 Å². The van der Waals surface area contributed by atoms with E-state index < -0.39 is 5.82 Å². The maximum atomic E-state index is 13.5. The third-order valence-corrected chi connectivity index (χ3v) is 4.14. The van der Waals surface area contributed by atoms with Crippen LogP contribution in [-0.4, -0.2) is 29.2 Å². The SMILES string of the molecule is O=C(c1ccccc1F)N1CCC(CBr)CC1. The average Bonchev–Trinajstić information content (AvgIpc) is 2.39. The summed E-state index contributed by atoms with van der Waals surface area (Å²) in [5.74, 6) is 0.0240. The molecule has 0 bridgehead atoms. The molecule has 1 saturated heterocycles.